The lowest BCUT2D eigenvalue weighted by Gasteiger charge is -2.10. The van der Waals surface area contributed by atoms with Crippen molar-refractivity contribution in [2.45, 2.75) is 25.7 Å². The molecule has 0 bridgehead atoms. The minimum atomic E-state index is -0.0440. The van der Waals surface area contributed by atoms with E-state index in [4.69, 9.17) is 9.72 Å². The largest absolute Gasteiger partial charge is 0.494 e. The molecule has 0 aliphatic heterocycles. The van der Waals surface area contributed by atoms with Crippen LogP contribution < -0.4 is 10.3 Å². The molecule has 1 aliphatic rings. The summed E-state index contributed by atoms with van der Waals surface area (Å²) in [7, 11) is 1.62. The monoisotopic (exact) mass is 468 g/mol. The number of halogens is 2. The summed E-state index contributed by atoms with van der Waals surface area (Å²) in [5.41, 5.74) is 2.00. The Hall–Kier alpha value is -1.18. The van der Waals surface area contributed by atoms with Crippen molar-refractivity contribution in [3.05, 3.63) is 41.9 Å². The number of aryl methyl sites for hydroxylation is 2. The number of nitrogens with zero attached hydrogens (tertiary/aromatic N) is 1. The molecule has 4 nitrogen and oxygen atoms in total. The van der Waals surface area contributed by atoms with Crippen molar-refractivity contribution in [3.8, 4) is 17.1 Å². The Kier molecular flexibility index (Phi) is 4.26. The maximum atomic E-state index is 12.7. The molecule has 2 aromatic heterocycles. The van der Waals surface area contributed by atoms with Crippen molar-refractivity contribution in [2.75, 3.05) is 7.11 Å². The van der Waals surface area contributed by atoms with Crippen LogP contribution in [0.4, 0.5) is 0 Å². The van der Waals surface area contributed by atoms with Crippen molar-refractivity contribution < 1.29 is 4.74 Å². The molecule has 3 aromatic rings. The molecule has 0 saturated heterocycles. The fraction of sp³-hybridized carbons (Fsp3) is 0.294. The van der Waals surface area contributed by atoms with Gasteiger partial charge in [-0.15, -0.1) is 11.3 Å². The molecule has 0 unspecified atom stereocenters. The highest BCUT2D eigenvalue weighted by molar-refractivity contribution is 9.11. The van der Waals surface area contributed by atoms with Crippen LogP contribution in [0.2, 0.25) is 0 Å². The number of rotatable bonds is 2. The third-order valence-electron chi connectivity index (χ3n) is 4.30. The van der Waals surface area contributed by atoms with Gasteiger partial charge in [-0.3, -0.25) is 4.79 Å². The van der Waals surface area contributed by atoms with Gasteiger partial charge in [0.15, 0.2) is 0 Å². The summed E-state index contributed by atoms with van der Waals surface area (Å²) in [4.78, 5) is 22.5. The average molecular weight is 470 g/mol. The highest BCUT2D eigenvalue weighted by Gasteiger charge is 2.20. The van der Waals surface area contributed by atoms with Crippen LogP contribution in [0.5, 0.6) is 5.75 Å². The molecule has 1 N–H and O–H groups in total. The second-order valence-electron chi connectivity index (χ2n) is 5.78. The zero-order valence-electron chi connectivity index (χ0n) is 12.9. The number of benzene rings is 1. The Morgan fingerprint density at radius 2 is 1.92 bits per heavy atom. The van der Waals surface area contributed by atoms with Crippen LogP contribution in [0, 0.1) is 0 Å². The fourth-order valence-corrected chi connectivity index (χ4v) is 5.96. The summed E-state index contributed by atoms with van der Waals surface area (Å²) >= 11 is 8.66. The number of hydrogen-bond acceptors (Lipinski definition) is 4. The van der Waals surface area contributed by atoms with Crippen LogP contribution >= 0.6 is 43.2 Å². The summed E-state index contributed by atoms with van der Waals surface area (Å²) in [5.74, 6) is 1.30. The van der Waals surface area contributed by atoms with Gasteiger partial charge in [0.25, 0.3) is 5.56 Å². The topological polar surface area (TPSA) is 55.0 Å². The SMILES string of the molecule is COc1c(Br)cc(-c2nc3sc4c(c3c(=O)[nH]2)CCCC4)cc1Br. The van der Waals surface area contributed by atoms with Crippen molar-refractivity contribution in [1.82, 2.24) is 9.97 Å². The summed E-state index contributed by atoms with van der Waals surface area (Å²) in [6, 6.07) is 3.81. The molecule has 1 aliphatic carbocycles. The van der Waals surface area contributed by atoms with E-state index in [0.717, 1.165) is 44.0 Å². The quantitative estimate of drug-likeness (QED) is 0.570. The molecule has 7 heteroatoms. The molecule has 0 fully saturated rings. The van der Waals surface area contributed by atoms with Crippen molar-refractivity contribution in [1.29, 1.82) is 0 Å². The van der Waals surface area contributed by atoms with Gasteiger partial charge in [-0.05, 0) is 75.2 Å². The normalized spacial score (nSPS) is 14.0. The molecule has 0 radical (unpaired) electrons. The maximum Gasteiger partial charge on any atom is 0.260 e. The van der Waals surface area contributed by atoms with Gasteiger partial charge in [0.05, 0.1) is 21.4 Å². The van der Waals surface area contributed by atoms with Gasteiger partial charge >= 0.3 is 0 Å². The van der Waals surface area contributed by atoms with E-state index in [1.54, 1.807) is 18.4 Å². The molecule has 0 spiro atoms. The van der Waals surface area contributed by atoms with E-state index >= 15 is 0 Å². The number of hydrogen-bond donors (Lipinski definition) is 1. The summed E-state index contributed by atoms with van der Waals surface area (Å²) in [5, 5.41) is 0.782. The lowest BCUT2D eigenvalue weighted by atomic mass is 9.97. The molecular formula is C17H14Br2N2O2S. The van der Waals surface area contributed by atoms with Crippen LogP contribution in [-0.4, -0.2) is 17.1 Å². The fourth-order valence-electron chi connectivity index (χ4n) is 3.19. The first-order chi connectivity index (χ1) is 11.6. The summed E-state index contributed by atoms with van der Waals surface area (Å²) in [6.45, 7) is 0. The van der Waals surface area contributed by atoms with Gasteiger partial charge < -0.3 is 9.72 Å². The third kappa shape index (κ3) is 2.62. The van der Waals surface area contributed by atoms with E-state index in [2.05, 4.69) is 36.8 Å². The van der Waals surface area contributed by atoms with Crippen molar-refractivity contribution >= 4 is 53.4 Å². The number of aromatic nitrogens is 2. The van der Waals surface area contributed by atoms with Crippen molar-refractivity contribution in [2.24, 2.45) is 0 Å². The highest BCUT2D eigenvalue weighted by atomic mass is 79.9. The van der Waals surface area contributed by atoms with E-state index in [9.17, 15) is 4.79 Å². The Labute approximate surface area is 159 Å². The van der Waals surface area contributed by atoms with Gasteiger partial charge in [-0.1, -0.05) is 0 Å². The molecule has 124 valence electrons. The summed E-state index contributed by atoms with van der Waals surface area (Å²) in [6.07, 6.45) is 4.39. The van der Waals surface area contributed by atoms with Crippen LogP contribution in [-0.2, 0) is 12.8 Å². The second-order valence-corrected chi connectivity index (χ2v) is 8.57. The predicted molar refractivity (Wildman–Crippen MR) is 104 cm³/mol. The van der Waals surface area contributed by atoms with Crippen LogP contribution in [0.3, 0.4) is 0 Å². The number of H-pyrrole nitrogens is 1. The van der Waals surface area contributed by atoms with E-state index < -0.39 is 0 Å². The van der Waals surface area contributed by atoms with Gasteiger partial charge in [-0.2, -0.15) is 0 Å². The van der Waals surface area contributed by atoms with E-state index in [1.807, 2.05) is 12.1 Å². The standard InChI is InChI=1S/C17H14Br2N2O2S/c1-23-14-10(18)6-8(7-11(14)19)15-20-16(22)13-9-4-2-3-5-12(9)24-17(13)21-15/h6-7H,2-5H2,1H3,(H,20,21,22). The second kappa shape index (κ2) is 6.28. The van der Waals surface area contributed by atoms with Crippen LogP contribution in [0.25, 0.3) is 21.6 Å². The Morgan fingerprint density at radius 3 is 2.62 bits per heavy atom. The zero-order chi connectivity index (χ0) is 16.8. The molecule has 24 heavy (non-hydrogen) atoms. The number of fused-ring (bicyclic) bond motifs is 3. The van der Waals surface area contributed by atoms with Gasteiger partial charge in [0.1, 0.15) is 16.4 Å². The molecule has 4 rings (SSSR count). The smallest absolute Gasteiger partial charge is 0.260 e. The maximum absolute atomic E-state index is 12.7. The Bertz CT molecular complexity index is 987. The molecule has 0 atom stereocenters. The molecular weight excluding hydrogens is 456 g/mol. The molecule has 0 amide bonds. The number of nitrogens with one attached hydrogen (secondary N) is 1. The van der Waals surface area contributed by atoms with Gasteiger partial charge in [0, 0.05) is 10.4 Å². The Balaban J connectivity index is 1.91. The first-order valence-corrected chi connectivity index (χ1v) is 10.1. The lowest BCUT2D eigenvalue weighted by molar-refractivity contribution is 0.409. The molecule has 2 heterocycles. The average Bonchev–Trinajstić information content (AvgIpc) is 2.93. The lowest BCUT2D eigenvalue weighted by Crippen LogP contribution is -2.11. The highest BCUT2D eigenvalue weighted by Crippen LogP contribution is 2.38. The van der Waals surface area contributed by atoms with Gasteiger partial charge in [0.2, 0.25) is 0 Å². The van der Waals surface area contributed by atoms with Crippen molar-refractivity contribution in [3.63, 3.8) is 0 Å². The first kappa shape index (κ1) is 16.3. The molecule has 1 aromatic carbocycles. The Morgan fingerprint density at radius 1 is 1.21 bits per heavy atom. The van der Waals surface area contributed by atoms with E-state index in [0.29, 0.717) is 11.6 Å². The van der Waals surface area contributed by atoms with E-state index in [1.165, 1.54) is 16.9 Å². The number of ether oxygens (including phenoxy) is 1. The molecule has 0 saturated carbocycles. The minimum Gasteiger partial charge on any atom is -0.494 e. The third-order valence-corrected chi connectivity index (χ3v) is 6.66. The van der Waals surface area contributed by atoms with Crippen LogP contribution in [0.1, 0.15) is 23.3 Å². The van der Waals surface area contributed by atoms with Gasteiger partial charge in [-0.25, -0.2) is 4.98 Å². The first-order valence-electron chi connectivity index (χ1n) is 7.66. The zero-order valence-corrected chi connectivity index (χ0v) is 16.9. The van der Waals surface area contributed by atoms with E-state index in [-0.39, 0.29) is 5.56 Å². The number of thiophene rings is 1. The minimum absolute atomic E-state index is 0.0440. The predicted octanol–water partition coefficient (Wildman–Crippen LogP) is 5.06. The summed E-state index contributed by atoms with van der Waals surface area (Å²) < 4.78 is 6.95. The number of methoxy groups -OCH3 is 1. The van der Waals surface area contributed by atoms with Crippen LogP contribution in [0.15, 0.2) is 25.9 Å². The number of aromatic amines is 1.